The van der Waals surface area contributed by atoms with Crippen LogP contribution in [0.1, 0.15) is 0 Å². The molecular weight excluding hydrogens is 761 g/mol. The summed E-state index contributed by atoms with van der Waals surface area (Å²) in [7, 11) is 0. The van der Waals surface area contributed by atoms with Gasteiger partial charge in [-0.2, -0.15) is 0 Å². The number of aromatic nitrogens is 4. The molecular formula is C56H34N4S. The van der Waals surface area contributed by atoms with E-state index in [1.54, 1.807) is 0 Å². The molecule has 0 saturated carbocycles. The van der Waals surface area contributed by atoms with Crippen LogP contribution in [-0.2, 0) is 0 Å². The van der Waals surface area contributed by atoms with Gasteiger partial charge in [0.05, 0.1) is 50.2 Å². The van der Waals surface area contributed by atoms with Gasteiger partial charge in [0.25, 0.3) is 0 Å². The molecule has 0 amide bonds. The third-order valence-corrected chi connectivity index (χ3v) is 13.5. The number of fused-ring (bicyclic) bond motifs is 13. The van der Waals surface area contributed by atoms with Crippen LogP contribution in [0.4, 0.5) is 0 Å². The zero-order chi connectivity index (χ0) is 40.0. The maximum Gasteiger partial charge on any atom is 0.0973 e. The van der Waals surface area contributed by atoms with Crippen LogP contribution in [0, 0.1) is 0 Å². The van der Waals surface area contributed by atoms with Gasteiger partial charge >= 0.3 is 0 Å². The summed E-state index contributed by atoms with van der Waals surface area (Å²) >= 11 is 1.91. The van der Waals surface area contributed by atoms with Crippen molar-refractivity contribution in [3.63, 3.8) is 0 Å². The number of nitrogens with zero attached hydrogens (tertiary/aromatic N) is 4. The van der Waals surface area contributed by atoms with E-state index in [-0.39, 0.29) is 0 Å². The number of hydrogen-bond donors (Lipinski definition) is 0. The molecule has 0 bridgehead atoms. The summed E-state index contributed by atoms with van der Waals surface area (Å²) in [5.74, 6) is 0. The molecule has 0 unspecified atom stereocenters. The monoisotopic (exact) mass is 794 g/mol. The van der Waals surface area contributed by atoms with Crippen LogP contribution in [0.15, 0.2) is 206 Å². The standard InChI is InChI=1S/C56H34N4S/c1-4-18-35(19-5-1)42-34-37(53-52(36-20-6-2-7-21-36)57-43-27-13-14-28-44(43)58-53)32-33-47(42)60-46-30-16-11-25-40(46)51-55(60)54-49(50-41-26-12-17-31-48(41)61-56(50)51)39-24-10-15-29-45(39)59(54)38-22-8-3-9-23-38/h1-34H. The smallest absolute Gasteiger partial charge is 0.0973 e. The molecule has 0 radical (unpaired) electrons. The molecule has 9 aromatic carbocycles. The summed E-state index contributed by atoms with van der Waals surface area (Å²) in [4.78, 5) is 10.6. The molecule has 0 aliphatic carbocycles. The van der Waals surface area contributed by atoms with Crippen LogP contribution in [-0.4, -0.2) is 19.1 Å². The molecule has 284 valence electrons. The van der Waals surface area contributed by atoms with Gasteiger partial charge in [-0.25, -0.2) is 9.97 Å². The zero-order valence-corrected chi connectivity index (χ0v) is 33.6. The summed E-state index contributed by atoms with van der Waals surface area (Å²) in [6, 6.07) is 74.0. The largest absolute Gasteiger partial charge is 0.307 e. The normalized spacial score (nSPS) is 11.9. The lowest BCUT2D eigenvalue weighted by atomic mass is 9.96. The first-order chi connectivity index (χ1) is 30.3. The summed E-state index contributed by atoms with van der Waals surface area (Å²) in [5.41, 5.74) is 14.7. The second-order valence-electron chi connectivity index (χ2n) is 15.7. The molecule has 0 atom stereocenters. The Kier molecular flexibility index (Phi) is 7.44. The zero-order valence-electron chi connectivity index (χ0n) is 32.8. The Labute approximate surface area is 354 Å². The molecule has 0 aliphatic heterocycles. The van der Waals surface area contributed by atoms with E-state index < -0.39 is 0 Å². The Morgan fingerprint density at radius 1 is 0.377 bits per heavy atom. The Balaban J connectivity index is 1.22. The fourth-order valence-electron chi connectivity index (χ4n) is 9.70. The van der Waals surface area contributed by atoms with Gasteiger partial charge in [-0.1, -0.05) is 152 Å². The lowest BCUT2D eigenvalue weighted by Gasteiger charge is -2.18. The number of hydrogen-bond acceptors (Lipinski definition) is 3. The van der Waals surface area contributed by atoms with Crippen LogP contribution in [0.3, 0.4) is 0 Å². The molecule has 0 spiro atoms. The van der Waals surface area contributed by atoms with Gasteiger partial charge < -0.3 is 9.13 Å². The number of para-hydroxylation sites is 5. The van der Waals surface area contributed by atoms with Gasteiger partial charge in [0.1, 0.15) is 0 Å². The molecule has 0 fully saturated rings. The van der Waals surface area contributed by atoms with E-state index in [1.807, 2.05) is 35.6 Å². The van der Waals surface area contributed by atoms with Crippen LogP contribution in [0.25, 0.3) is 120 Å². The van der Waals surface area contributed by atoms with Gasteiger partial charge in [0, 0.05) is 64.1 Å². The Morgan fingerprint density at radius 2 is 0.902 bits per heavy atom. The minimum absolute atomic E-state index is 0.856. The van der Waals surface area contributed by atoms with E-state index >= 15 is 0 Å². The van der Waals surface area contributed by atoms with Crippen molar-refractivity contribution in [2.75, 3.05) is 0 Å². The summed E-state index contributed by atoms with van der Waals surface area (Å²) in [6.45, 7) is 0. The first kappa shape index (κ1) is 34.0. The minimum atomic E-state index is 0.856. The van der Waals surface area contributed by atoms with Gasteiger partial charge in [0.15, 0.2) is 0 Å². The van der Waals surface area contributed by atoms with Crippen molar-refractivity contribution < 1.29 is 0 Å². The lowest BCUT2D eigenvalue weighted by molar-refractivity contribution is 1.15. The van der Waals surface area contributed by atoms with Gasteiger partial charge in [0.2, 0.25) is 0 Å². The SMILES string of the molecule is c1ccc(-c2cc(-c3nc4ccccc4nc3-c3ccccc3)ccc2-n2c3ccccc3c3c4sc5ccccc5c4c4c5ccccc5n(-c5ccccc5)c4c32)cc1. The quantitative estimate of drug-likeness (QED) is 0.174. The summed E-state index contributed by atoms with van der Waals surface area (Å²) < 4.78 is 7.65. The number of thiophene rings is 1. The van der Waals surface area contributed by atoms with Gasteiger partial charge in [-0.3, -0.25) is 0 Å². The summed E-state index contributed by atoms with van der Waals surface area (Å²) in [6.07, 6.45) is 0. The fraction of sp³-hybridized carbons (Fsp3) is 0. The van der Waals surface area contributed by atoms with Crippen LogP contribution in [0.2, 0.25) is 0 Å². The Morgan fingerprint density at radius 3 is 1.61 bits per heavy atom. The first-order valence-corrected chi connectivity index (χ1v) is 21.5. The fourth-order valence-corrected chi connectivity index (χ4v) is 11.0. The van der Waals surface area contributed by atoms with Crippen LogP contribution in [0.5, 0.6) is 0 Å². The van der Waals surface area contributed by atoms with E-state index in [4.69, 9.17) is 9.97 Å². The predicted octanol–water partition coefficient (Wildman–Crippen LogP) is 15.2. The molecule has 0 saturated heterocycles. The molecule has 4 heterocycles. The van der Waals surface area contributed by atoms with Gasteiger partial charge in [-0.15, -0.1) is 11.3 Å². The maximum absolute atomic E-state index is 5.34. The second-order valence-corrected chi connectivity index (χ2v) is 16.7. The van der Waals surface area contributed by atoms with E-state index in [2.05, 4.69) is 191 Å². The number of benzene rings is 9. The molecule has 4 aromatic heterocycles. The Bertz CT molecular complexity index is 3860. The topological polar surface area (TPSA) is 35.6 Å². The molecule has 5 heteroatoms. The van der Waals surface area contributed by atoms with Crippen LogP contribution >= 0.6 is 11.3 Å². The molecule has 0 N–H and O–H groups in total. The van der Waals surface area contributed by atoms with Crippen molar-refractivity contribution in [3.8, 4) is 45.0 Å². The second kappa shape index (κ2) is 13.3. The average Bonchev–Trinajstić information content (AvgIpc) is 4.00. The maximum atomic E-state index is 5.34. The van der Waals surface area contributed by atoms with E-state index in [0.717, 1.165) is 61.6 Å². The molecule has 61 heavy (non-hydrogen) atoms. The third kappa shape index (κ3) is 5.05. The first-order valence-electron chi connectivity index (χ1n) is 20.7. The van der Waals surface area contributed by atoms with Crippen molar-refractivity contribution in [2.45, 2.75) is 0 Å². The van der Waals surface area contributed by atoms with E-state index in [1.165, 1.54) is 58.3 Å². The molecule has 0 aliphatic rings. The molecule has 13 rings (SSSR count). The minimum Gasteiger partial charge on any atom is -0.307 e. The van der Waals surface area contributed by atoms with Crippen molar-refractivity contribution in [3.05, 3.63) is 206 Å². The van der Waals surface area contributed by atoms with Crippen molar-refractivity contribution in [1.29, 1.82) is 0 Å². The number of rotatable bonds is 5. The summed E-state index contributed by atoms with van der Waals surface area (Å²) in [5, 5.41) is 7.64. The lowest BCUT2D eigenvalue weighted by Crippen LogP contribution is -2.01. The highest BCUT2D eigenvalue weighted by atomic mass is 32.1. The highest BCUT2D eigenvalue weighted by Gasteiger charge is 2.28. The van der Waals surface area contributed by atoms with Crippen molar-refractivity contribution in [2.24, 2.45) is 0 Å². The Hall–Kier alpha value is -7.86. The third-order valence-electron chi connectivity index (χ3n) is 12.3. The van der Waals surface area contributed by atoms with E-state index in [0.29, 0.717) is 0 Å². The highest BCUT2D eigenvalue weighted by molar-refractivity contribution is 7.27. The van der Waals surface area contributed by atoms with Gasteiger partial charge in [-0.05, 0) is 60.2 Å². The van der Waals surface area contributed by atoms with E-state index in [9.17, 15) is 0 Å². The van der Waals surface area contributed by atoms with Crippen molar-refractivity contribution >= 4 is 86.2 Å². The molecule has 4 nitrogen and oxygen atoms in total. The highest BCUT2D eigenvalue weighted by Crippen LogP contribution is 2.52. The van der Waals surface area contributed by atoms with Crippen LogP contribution < -0.4 is 0 Å². The predicted molar refractivity (Wildman–Crippen MR) is 257 cm³/mol. The molecule has 13 aromatic rings. The average molecular weight is 795 g/mol. The van der Waals surface area contributed by atoms with Crippen molar-refractivity contribution in [1.82, 2.24) is 19.1 Å².